The summed E-state index contributed by atoms with van der Waals surface area (Å²) in [5.74, 6) is -0.582. The number of carbonyl (C=O) groups is 3. The van der Waals surface area contributed by atoms with Gasteiger partial charge in [0.25, 0.3) is 0 Å². The van der Waals surface area contributed by atoms with E-state index in [0.717, 1.165) is 44.5 Å². The summed E-state index contributed by atoms with van der Waals surface area (Å²) in [6.07, 6.45) is 3.14. The quantitative estimate of drug-likeness (QED) is 0.745. The first-order valence-electron chi connectivity index (χ1n) is 11.0. The summed E-state index contributed by atoms with van der Waals surface area (Å²) in [5, 5.41) is 3.00. The van der Waals surface area contributed by atoms with E-state index >= 15 is 0 Å². The summed E-state index contributed by atoms with van der Waals surface area (Å²) >= 11 is 0. The Morgan fingerprint density at radius 2 is 1.80 bits per heavy atom. The van der Waals surface area contributed by atoms with Crippen LogP contribution in [-0.4, -0.2) is 67.4 Å². The SMILES string of the molecule is CCN1CCCCNC(=O)CC(c2ccccc2)N(C(=O)CCC(=O)OC)CCC1. The fourth-order valence-corrected chi connectivity index (χ4v) is 3.82. The van der Waals surface area contributed by atoms with E-state index < -0.39 is 5.97 Å². The van der Waals surface area contributed by atoms with Crippen LogP contribution in [-0.2, 0) is 19.1 Å². The van der Waals surface area contributed by atoms with Gasteiger partial charge in [0.15, 0.2) is 0 Å². The normalized spacial score (nSPS) is 19.7. The molecule has 1 aliphatic rings. The molecule has 1 fully saturated rings. The second kappa shape index (κ2) is 13.0. The van der Waals surface area contributed by atoms with Crippen molar-refractivity contribution in [3.63, 3.8) is 0 Å². The molecule has 1 N–H and O–H groups in total. The Morgan fingerprint density at radius 1 is 1.07 bits per heavy atom. The lowest BCUT2D eigenvalue weighted by molar-refractivity contribution is -0.144. The van der Waals surface area contributed by atoms with Crippen LogP contribution in [0.15, 0.2) is 30.3 Å². The Kier molecular flexibility index (Phi) is 10.3. The van der Waals surface area contributed by atoms with Gasteiger partial charge in [-0.05, 0) is 44.5 Å². The molecule has 1 aromatic carbocycles. The number of hydrogen-bond donors (Lipinski definition) is 1. The minimum absolute atomic E-state index is 0.0423. The smallest absolute Gasteiger partial charge is 0.306 e. The Bertz CT molecular complexity index is 680. The average Bonchev–Trinajstić information content (AvgIpc) is 2.78. The molecule has 2 amide bonds. The van der Waals surface area contributed by atoms with Crippen molar-refractivity contribution in [2.75, 3.05) is 39.8 Å². The summed E-state index contributed by atoms with van der Waals surface area (Å²) in [6.45, 7) is 6.19. The highest BCUT2D eigenvalue weighted by Gasteiger charge is 2.27. The number of methoxy groups -OCH3 is 1. The van der Waals surface area contributed by atoms with E-state index in [-0.39, 0.29) is 37.1 Å². The van der Waals surface area contributed by atoms with Crippen molar-refractivity contribution in [3.8, 4) is 0 Å². The maximum Gasteiger partial charge on any atom is 0.306 e. The minimum atomic E-state index is -0.402. The molecule has 0 radical (unpaired) electrons. The maximum atomic E-state index is 13.1. The molecule has 1 atom stereocenters. The van der Waals surface area contributed by atoms with E-state index in [9.17, 15) is 14.4 Å². The average molecular weight is 418 g/mol. The van der Waals surface area contributed by atoms with Crippen LogP contribution >= 0.6 is 0 Å². The third-order valence-electron chi connectivity index (χ3n) is 5.57. The van der Waals surface area contributed by atoms with E-state index in [1.807, 2.05) is 30.3 Å². The van der Waals surface area contributed by atoms with Gasteiger partial charge >= 0.3 is 5.97 Å². The van der Waals surface area contributed by atoms with Crippen molar-refractivity contribution in [1.29, 1.82) is 0 Å². The van der Waals surface area contributed by atoms with Crippen molar-refractivity contribution >= 4 is 17.8 Å². The zero-order valence-electron chi connectivity index (χ0n) is 18.3. The molecule has 7 heteroatoms. The van der Waals surface area contributed by atoms with Gasteiger partial charge in [-0.2, -0.15) is 0 Å². The Labute approximate surface area is 179 Å². The molecule has 0 aromatic heterocycles. The lowest BCUT2D eigenvalue weighted by Gasteiger charge is -2.33. The third-order valence-corrected chi connectivity index (χ3v) is 5.57. The Hall–Kier alpha value is -2.41. The van der Waals surface area contributed by atoms with Crippen molar-refractivity contribution in [2.24, 2.45) is 0 Å². The second-order valence-corrected chi connectivity index (χ2v) is 7.64. The van der Waals surface area contributed by atoms with Crippen LogP contribution in [0.5, 0.6) is 0 Å². The summed E-state index contributed by atoms with van der Waals surface area (Å²) < 4.78 is 4.69. The lowest BCUT2D eigenvalue weighted by Crippen LogP contribution is -2.39. The van der Waals surface area contributed by atoms with E-state index in [4.69, 9.17) is 4.74 Å². The standard InChI is InChI=1S/C23H35N3O4/c1-3-25-15-8-7-14-24-21(27)18-20(19-10-5-4-6-11-19)26(17-9-16-25)22(28)12-13-23(29)30-2/h4-6,10-11,20H,3,7-9,12-18H2,1-2H3,(H,24,27). The topological polar surface area (TPSA) is 79.0 Å². The van der Waals surface area contributed by atoms with E-state index in [0.29, 0.717) is 13.1 Å². The van der Waals surface area contributed by atoms with Crippen LogP contribution in [0.2, 0.25) is 0 Å². The predicted octanol–water partition coefficient (Wildman–Crippen LogP) is 2.52. The summed E-state index contributed by atoms with van der Waals surface area (Å²) in [5.41, 5.74) is 0.932. The highest BCUT2D eigenvalue weighted by molar-refractivity contribution is 5.83. The lowest BCUT2D eigenvalue weighted by atomic mass is 10.00. The highest BCUT2D eigenvalue weighted by Crippen LogP contribution is 2.26. The van der Waals surface area contributed by atoms with Crippen LogP contribution in [0.4, 0.5) is 0 Å². The molecule has 0 saturated carbocycles. The monoisotopic (exact) mass is 417 g/mol. The number of nitrogens with one attached hydrogen (secondary N) is 1. The minimum Gasteiger partial charge on any atom is -0.469 e. The maximum absolute atomic E-state index is 13.1. The van der Waals surface area contributed by atoms with E-state index in [1.165, 1.54) is 7.11 Å². The summed E-state index contributed by atoms with van der Waals surface area (Å²) in [4.78, 5) is 41.5. The van der Waals surface area contributed by atoms with Crippen molar-refractivity contribution in [2.45, 2.75) is 51.5 Å². The van der Waals surface area contributed by atoms with Crippen molar-refractivity contribution < 1.29 is 19.1 Å². The second-order valence-electron chi connectivity index (χ2n) is 7.64. The number of ether oxygens (including phenoxy) is 1. The van der Waals surface area contributed by atoms with Crippen LogP contribution in [0, 0.1) is 0 Å². The Morgan fingerprint density at radius 3 is 2.50 bits per heavy atom. The van der Waals surface area contributed by atoms with Gasteiger partial charge in [0, 0.05) is 19.5 Å². The summed E-state index contributed by atoms with van der Waals surface area (Å²) in [7, 11) is 1.32. The predicted molar refractivity (Wildman–Crippen MR) is 116 cm³/mol. The molecule has 30 heavy (non-hydrogen) atoms. The van der Waals surface area contributed by atoms with Gasteiger partial charge in [-0.3, -0.25) is 14.4 Å². The zero-order valence-corrected chi connectivity index (χ0v) is 18.3. The van der Waals surface area contributed by atoms with Gasteiger partial charge in [-0.15, -0.1) is 0 Å². The third kappa shape index (κ3) is 7.78. The molecule has 0 aliphatic carbocycles. The molecule has 166 valence electrons. The molecule has 1 heterocycles. The first kappa shape index (κ1) is 23.9. The number of hydrogen-bond acceptors (Lipinski definition) is 5. The van der Waals surface area contributed by atoms with Crippen molar-refractivity contribution in [1.82, 2.24) is 15.1 Å². The van der Waals surface area contributed by atoms with Gasteiger partial charge in [0.2, 0.25) is 11.8 Å². The number of rotatable bonds is 5. The molecule has 1 unspecified atom stereocenters. The zero-order chi connectivity index (χ0) is 21.8. The van der Waals surface area contributed by atoms with Gasteiger partial charge in [0.05, 0.1) is 26.0 Å². The number of amides is 2. The largest absolute Gasteiger partial charge is 0.469 e. The fourth-order valence-electron chi connectivity index (χ4n) is 3.82. The van der Waals surface area contributed by atoms with Crippen LogP contribution in [0.1, 0.15) is 57.1 Å². The van der Waals surface area contributed by atoms with Gasteiger partial charge in [-0.1, -0.05) is 37.3 Å². The number of benzene rings is 1. The number of nitrogens with zero attached hydrogens (tertiary/aromatic N) is 2. The van der Waals surface area contributed by atoms with E-state index in [1.54, 1.807) is 4.90 Å². The number of esters is 1. The molecule has 1 aromatic rings. The highest BCUT2D eigenvalue weighted by atomic mass is 16.5. The van der Waals surface area contributed by atoms with Crippen LogP contribution in [0.3, 0.4) is 0 Å². The molecule has 7 nitrogen and oxygen atoms in total. The molecular weight excluding hydrogens is 382 g/mol. The molecule has 0 spiro atoms. The van der Waals surface area contributed by atoms with Crippen LogP contribution in [0.25, 0.3) is 0 Å². The fraction of sp³-hybridized carbons (Fsp3) is 0.609. The molecule has 0 bridgehead atoms. The van der Waals surface area contributed by atoms with Gasteiger partial charge in [-0.25, -0.2) is 0 Å². The summed E-state index contributed by atoms with van der Waals surface area (Å²) in [6, 6.07) is 9.32. The first-order valence-corrected chi connectivity index (χ1v) is 11.0. The first-order chi connectivity index (χ1) is 14.5. The van der Waals surface area contributed by atoms with Gasteiger partial charge in [0.1, 0.15) is 0 Å². The molecular formula is C23H35N3O4. The molecule has 2 rings (SSSR count). The molecule has 1 aliphatic heterocycles. The van der Waals surface area contributed by atoms with Crippen molar-refractivity contribution in [3.05, 3.63) is 35.9 Å². The Balaban J connectivity index is 2.26. The van der Waals surface area contributed by atoms with Crippen LogP contribution < -0.4 is 5.32 Å². The molecule has 1 saturated heterocycles. The van der Waals surface area contributed by atoms with E-state index in [2.05, 4.69) is 17.1 Å². The van der Waals surface area contributed by atoms with Gasteiger partial charge < -0.3 is 19.9 Å². The number of carbonyl (C=O) groups excluding carboxylic acids is 3.